The van der Waals surface area contributed by atoms with Gasteiger partial charge in [0.05, 0.1) is 18.2 Å². The van der Waals surface area contributed by atoms with E-state index in [1.54, 1.807) is 11.8 Å². The van der Waals surface area contributed by atoms with Crippen molar-refractivity contribution >= 4 is 11.9 Å². The fourth-order valence-corrected chi connectivity index (χ4v) is 1.51. The summed E-state index contributed by atoms with van der Waals surface area (Å²) >= 11 is 0. The monoisotopic (exact) mass is 217 g/mol. The zero-order valence-electron chi connectivity index (χ0n) is 8.38. The van der Waals surface area contributed by atoms with Gasteiger partial charge in [-0.25, -0.2) is 4.79 Å². The number of carbonyl (C=O) groups is 2. The van der Waals surface area contributed by atoms with Crippen LogP contribution in [0, 0.1) is 0 Å². The topological polar surface area (TPSA) is 116 Å². The van der Waals surface area contributed by atoms with Crippen LogP contribution in [0.1, 0.15) is 6.92 Å². The minimum Gasteiger partial charge on any atom is -0.389 e. The summed E-state index contributed by atoms with van der Waals surface area (Å²) in [7, 11) is 0. The number of nitrogens with two attached hydrogens (primary N) is 1. The normalized spacial score (nSPS) is 28.7. The van der Waals surface area contributed by atoms with E-state index in [1.165, 1.54) is 0 Å². The Bertz CT molecular complexity index is 261. The van der Waals surface area contributed by atoms with Crippen LogP contribution in [0.25, 0.3) is 0 Å². The van der Waals surface area contributed by atoms with Crippen molar-refractivity contribution in [2.45, 2.75) is 25.2 Å². The summed E-state index contributed by atoms with van der Waals surface area (Å²) in [6.45, 7) is 1.98. The molecule has 1 unspecified atom stereocenters. The maximum Gasteiger partial charge on any atom is 0.318 e. The summed E-state index contributed by atoms with van der Waals surface area (Å²) in [5.41, 5.74) is 4.80. The Morgan fingerprint density at radius 2 is 1.87 bits per heavy atom. The van der Waals surface area contributed by atoms with E-state index in [1.807, 2.05) is 5.32 Å². The third-order valence-corrected chi connectivity index (χ3v) is 2.46. The molecule has 15 heavy (non-hydrogen) atoms. The van der Waals surface area contributed by atoms with Crippen molar-refractivity contribution in [1.82, 2.24) is 10.2 Å². The second-order valence-corrected chi connectivity index (χ2v) is 3.62. The molecule has 1 rings (SSSR count). The zero-order valence-corrected chi connectivity index (χ0v) is 8.38. The molecule has 5 N–H and O–H groups in total. The number of carbonyl (C=O) groups excluding carboxylic acids is 2. The molecule has 0 radical (unpaired) electrons. The number of hydrogen-bond acceptors (Lipinski definition) is 5. The Balaban J connectivity index is 2.50. The highest BCUT2D eigenvalue weighted by Gasteiger charge is 2.34. The SMILES string of the molecule is CC(C(=O)NC(N)=O)N1C[C@@H](O)[C@@H](O)C1. The quantitative estimate of drug-likeness (QED) is 0.412. The lowest BCUT2D eigenvalue weighted by molar-refractivity contribution is -0.124. The Labute approximate surface area is 86.8 Å². The number of urea groups is 1. The van der Waals surface area contributed by atoms with E-state index in [4.69, 9.17) is 5.73 Å². The molecule has 3 atom stereocenters. The molecule has 0 aromatic carbocycles. The highest BCUT2D eigenvalue weighted by molar-refractivity contribution is 5.96. The smallest absolute Gasteiger partial charge is 0.318 e. The average molecular weight is 217 g/mol. The van der Waals surface area contributed by atoms with Crippen molar-refractivity contribution in [3.05, 3.63) is 0 Å². The fraction of sp³-hybridized carbons (Fsp3) is 0.750. The third-order valence-electron chi connectivity index (χ3n) is 2.46. The Hall–Kier alpha value is -1.18. The summed E-state index contributed by atoms with van der Waals surface area (Å²) in [6, 6.07) is -1.52. The van der Waals surface area contributed by atoms with E-state index in [0.29, 0.717) is 0 Å². The second-order valence-electron chi connectivity index (χ2n) is 3.62. The van der Waals surface area contributed by atoms with Crippen LogP contribution in [-0.4, -0.2) is 58.4 Å². The molecule has 0 saturated carbocycles. The van der Waals surface area contributed by atoms with E-state index in [9.17, 15) is 19.8 Å². The molecule has 1 heterocycles. The number of amides is 3. The molecule has 0 aliphatic carbocycles. The zero-order chi connectivity index (χ0) is 11.6. The summed E-state index contributed by atoms with van der Waals surface area (Å²) < 4.78 is 0. The van der Waals surface area contributed by atoms with E-state index in [0.717, 1.165) is 0 Å². The van der Waals surface area contributed by atoms with Crippen molar-refractivity contribution in [2.75, 3.05) is 13.1 Å². The van der Waals surface area contributed by atoms with Crippen LogP contribution in [0.3, 0.4) is 0 Å². The number of hydrogen-bond donors (Lipinski definition) is 4. The third kappa shape index (κ3) is 2.88. The molecular weight excluding hydrogens is 202 g/mol. The number of imide groups is 1. The van der Waals surface area contributed by atoms with E-state index in [2.05, 4.69) is 0 Å². The molecule has 7 heteroatoms. The fourth-order valence-electron chi connectivity index (χ4n) is 1.51. The van der Waals surface area contributed by atoms with Crippen LogP contribution in [0.2, 0.25) is 0 Å². The predicted octanol–water partition coefficient (Wildman–Crippen LogP) is -2.39. The Morgan fingerprint density at radius 3 is 2.27 bits per heavy atom. The maximum absolute atomic E-state index is 11.3. The predicted molar refractivity (Wildman–Crippen MR) is 50.8 cm³/mol. The van der Waals surface area contributed by atoms with Gasteiger partial charge in [0.1, 0.15) is 0 Å². The number of aliphatic hydroxyl groups is 2. The Morgan fingerprint density at radius 1 is 1.40 bits per heavy atom. The molecule has 0 bridgehead atoms. The molecular formula is C8H15N3O4. The first-order chi connectivity index (χ1) is 6.91. The number of nitrogens with zero attached hydrogens (tertiary/aromatic N) is 1. The van der Waals surface area contributed by atoms with Crippen LogP contribution in [0.15, 0.2) is 0 Å². The summed E-state index contributed by atoms with van der Waals surface area (Å²) in [4.78, 5) is 23.3. The molecule has 0 aromatic rings. The van der Waals surface area contributed by atoms with Gasteiger partial charge in [0.25, 0.3) is 0 Å². The van der Waals surface area contributed by atoms with Gasteiger partial charge in [0, 0.05) is 13.1 Å². The van der Waals surface area contributed by atoms with Crippen molar-refractivity contribution in [3.8, 4) is 0 Å². The van der Waals surface area contributed by atoms with Gasteiger partial charge >= 0.3 is 6.03 Å². The van der Waals surface area contributed by atoms with Gasteiger partial charge in [-0.1, -0.05) is 0 Å². The Kier molecular flexibility index (Phi) is 3.61. The van der Waals surface area contributed by atoms with Crippen molar-refractivity contribution in [2.24, 2.45) is 5.73 Å². The molecule has 1 saturated heterocycles. The van der Waals surface area contributed by atoms with Crippen LogP contribution >= 0.6 is 0 Å². The van der Waals surface area contributed by atoms with Gasteiger partial charge in [0.15, 0.2) is 0 Å². The van der Waals surface area contributed by atoms with Crippen LogP contribution < -0.4 is 11.1 Å². The second kappa shape index (κ2) is 4.56. The first-order valence-corrected chi connectivity index (χ1v) is 4.62. The minimum absolute atomic E-state index is 0.203. The lowest BCUT2D eigenvalue weighted by atomic mass is 10.3. The van der Waals surface area contributed by atoms with Crippen molar-refractivity contribution in [3.63, 3.8) is 0 Å². The number of β-amino-alcohol motifs (C(OH)–C–C–N with tert-alkyl or cyclic N) is 2. The van der Waals surface area contributed by atoms with Gasteiger partial charge in [-0.3, -0.25) is 15.0 Å². The first-order valence-electron chi connectivity index (χ1n) is 4.62. The summed E-state index contributed by atoms with van der Waals surface area (Å²) in [6.07, 6.45) is -1.71. The number of nitrogens with one attached hydrogen (secondary N) is 1. The number of aliphatic hydroxyl groups excluding tert-OH is 2. The lowest BCUT2D eigenvalue weighted by Gasteiger charge is -2.21. The minimum atomic E-state index is -0.910. The maximum atomic E-state index is 11.3. The van der Waals surface area contributed by atoms with E-state index >= 15 is 0 Å². The summed E-state index contributed by atoms with van der Waals surface area (Å²) in [5, 5.41) is 20.5. The van der Waals surface area contributed by atoms with Gasteiger partial charge < -0.3 is 15.9 Å². The van der Waals surface area contributed by atoms with E-state index < -0.39 is 30.2 Å². The first kappa shape index (κ1) is 11.9. The molecule has 0 aromatic heterocycles. The van der Waals surface area contributed by atoms with Gasteiger partial charge in [-0.2, -0.15) is 0 Å². The summed E-state index contributed by atoms with van der Waals surface area (Å²) in [5.74, 6) is -0.538. The molecule has 1 aliphatic heterocycles. The lowest BCUT2D eigenvalue weighted by Crippen LogP contribution is -2.48. The van der Waals surface area contributed by atoms with Gasteiger partial charge in [-0.05, 0) is 6.92 Å². The standard InChI is InChI=1S/C8H15N3O4/c1-4(7(14)10-8(9)15)11-2-5(12)6(13)3-11/h4-6,12-13H,2-3H2,1H3,(H3,9,10,14,15)/t4?,5-,6+. The van der Waals surface area contributed by atoms with Crippen molar-refractivity contribution in [1.29, 1.82) is 0 Å². The van der Waals surface area contributed by atoms with Crippen LogP contribution in [0.4, 0.5) is 4.79 Å². The molecule has 7 nitrogen and oxygen atoms in total. The van der Waals surface area contributed by atoms with Gasteiger partial charge in [0.2, 0.25) is 5.91 Å². The van der Waals surface area contributed by atoms with Crippen LogP contribution in [0.5, 0.6) is 0 Å². The van der Waals surface area contributed by atoms with Crippen molar-refractivity contribution < 1.29 is 19.8 Å². The average Bonchev–Trinajstić information content (AvgIpc) is 2.44. The van der Waals surface area contributed by atoms with E-state index in [-0.39, 0.29) is 13.1 Å². The largest absolute Gasteiger partial charge is 0.389 e. The molecule has 3 amide bonds. The molecule has 1 fully saturated rings. The highest BCUT2D eigenvalue weighted by atomic mass is 16.3. The number of rotatable bonds is 2. The van der Waals surface area contributed by atoms with Gasteiger partial charge in [-0.15, -0.1) is 0 Å². The molecule has 0 spiro atoms. The number of primary amides is 1. The molecule has 1 aliphatic rings. The number of likely N-dealkylation sites (tertiary alicyclic amines) is 1. The molecule has 86 valence electrons. The van der Waals surface area contributed by atoms with Crippen LogP contribution in [-0.2, 0) is 4.79 Å². The highest BCUT2D eigenvalue weighted by Crippen LogP contribution is 2.13.